The Labute approximate surface area is 196 Å². The number of hydrogen-bond acceptors (Lipinski definition) is 5. The number of nitrogen functional groups attached to an aromatic ring is 1. The Balaban J connectivity index is 1.25. The quantitative estimate of drug-likeness (QED) is 0.478. The fourth-order valence-electron chi connectivity index (χ4n) is 4.67. The van der Waals surface area contributed by atoms with Gasteiger partial charge in [-0.2, -0.15) is 0 Å². The highest BCUT2D eigenvalue weighted by atomic mass is 16.2. The molecule has 0 aromatic heterocycles. The third-order valence-electron chi connectivity index (χ3n) is 6.72. The molecule has 0 unspecified atom stereocenters. The van der Waals surface area contributed by atoms with E-state index in [2.05, 4.69) is 46.3 Å². The first-order valence-corrected chi connectivity index (χ1v) is 12.0. The van der Waals surface area contributed by atoms with Gasteiger partial charge in [-0.05, 0) is 49.1 Å². The highest BCUT2D eigenvalue weighted by Gasteiger charge is 2.21. The molecule has 176 valence electrons. The van der Waals surface area contributed by atoms with Crippen LogP contribution in [-0.2, 0) is 11.3 Å². The molecule has 0 atom stereocenters. The van der Waals surface area contributed by atoms with Crippen LogP contribution in [0, 0.1) is 6.92 Å². The monoisotopic (exact) mass is 449 g/mol. The maximum atomic E-state index is 12.5. The van der Waals surface area contributed by atoms with E-state index in [-0.39, 0.29) is 11.8 Å². The maximum Gasteiger partial charge on any atom is 0.251 e. The smallest absolute Gasteiger partial charge is 0.251 e. The second-order valence-corrected chi connectivity index (χ2v) is 9.06. The molecule has 2 saturated heterocycles. The number of rotatable bonds is 8. The van der Waals surface area contributed by atoms with E-state index < -0.39 is 0 Å². The van der Waals surface area contributed by atoms with E-state index in [9.17, 15) is 9.59 Å². The summed E-state index contributed by atoms with van der Waals surface area (Å²) in [6, 6.07) is 14.1. The van der Waals surface area contributed by atoms with Crippen molar-refractivity contribution in [2.24, 2.45) is 0 Å². The summed E-state index contributed by atoms with van der Waals surface area (Å²) >= 11 is 0. The Morgan fingerprint density at radius 3 is 2.55 bits per heavy atom. The molecule has 2 aliphatic rings. The number of carbonyl (C=O) groups excluding carboxylic acids is 2. The third-order valence-corrected chi connectivity index (χ3v) is 6.72. The zero-order chi connectivity index (χ0) is 23.2. The van der Waals surface area contributed by atoms with Crippen LogP contribution < -0.4 is 16.0 Å². The van der Waals surface area contributed by atoms with Gasteiger partial charge in [0.05, 0.1) is 11.4 Å². The summed E-state index contributed by atoms with van der Waals surface area (Å²) in [6.45, 7) is 9.02. The van der Waals surface area contributed by atoms with E-state index in [1.165, 1.54) is 11.1 Å². The number of nitrogens with two attached hydrogens (primary N) is 1. The molecule has 3 N–H and O–H groups in total. The molecule has 33 heavy (non-hydrogen) atoms. The normalized spacial score (nSPS) is 16.9. The van der Waals surface area contributed by atoms with Gasteiger partial charge < -0.3 is 20.9 Å². The summed E-state index contributed by atoms with van der Waals surface area (Å²) in [6.07, 6.45) is 2.36. The number of nitrogens with zero attached hydrogens (tertiary/aromatic N) is 3. The molecule has 2 fully saturated rings. The van der Waals surface area contributed by atoms with Crippen LogP contribution in [0.4, 0.5) is 11.4 Å². The Morgan fingerprint density at radius 2 is 1.85 bits per heavy atom. The van der Waals surface area contributed by atoms with Crippen molar-refractivity contribution in [2.75, 3.05) is 56.4 Å². The largest absolute Gasteiger partial charge is 0.397 e. The molecular weight excluding hydrogens is 414 g/mol. The SMILES string of the molecule is Cc1ccccc1CN1CCN(c2ccc(C(=O)NCCCN3CCCC3=O)cc2N)CC1. The van der Waals surface area contributed by atoms with Gasteiger partial charge >= 0.3 is 0 Å². The van der Waals surface area contributed by atoms with Crippen LogP contribution in [0.5, 0.6) is 0 Å². The summed E-state index contributed by atoms with van der Waals surface area (Å²) in [5.74, 6) is 0.102. The minimum absolute atomic E-state index is 0.121. The summed E-state index contributed by atoms with van der Waals surface area (Å²) in [5, 5.41) is 2.94. The first-order chi connectivity index (χ1) is 16.0. The standard InChI is InChI=1S/C26H35N5O2/c1-20-6-2-3-7-22(20)19-29-14-16-30(17-15-29)24-10-9-21(18-23(24)27)26(33)28-11-5-13-31-12-4-8-25(31)32/h2-3,6-7,9-10,18H,4-5,8,11-17,19,27H2,1H3,(H,28,33). The molecule has 2 aromatic carbocycles. The fourth-order valence-corrected chi connectivity index (χ4v) is 4.67. The first-order valence-electron chi connectivity index (χ1n) is 12.0. The van der Waals surface area contributed by atoms with E-state index in [4.69, 9.17) is 5.73 Å². The van der Waals surface area contributed by atoms with Crippen molar-refractivity contribution >= 4 is 23.2 Å². The Hall–Kier alpha value is -3.06. The zero-order valence-corrected chi connectivity index (χ0v) is 19.6. The number of amides is 2. The molecule has 0 spiro atoms. The van der Waals surface area contributed by atoms with Crippen molar-refractivity contribution in [3.05, 3.63) is 59.2 Å². The molecule has 2 aliphatic heterocycles. The predicted octanol–water partition coefficient (Wildman–Crippen LogP) is 2.64. The van der Waals surface area contributed by atoms with Crippen LogP contribution in [0.1, 0.15) is 40.7 Å². The molecule has 0 bridgehead atoms. The fraction of sp³-hybridized carbons (Fsp3) is 0.462. The molecule has 4 rings (SSSR count). The second kappa shape index (κ2) is 10.7. The van der Waals surface area contributed by atoms with Gasteiger partial charge in [-0.3, -0.25) is 14.5 Å². The van der Waals surface area contributed by atoms with Crippen molar-refractivity contribution in [2.45, 2.75) is 32.7 Å². The zero-order valence-electron chi connectivity index (χ0n) is 19.6. The number of likely N-dealkylation sites (tertiary alicyclic amines) is 1. The lowest BCUT2D eigenvalue weighted by atomic mass is 10.1. The van der Waals surface area contributed by atoms with Crippen molar-refractivity contribution in [3.63, 3.8) is 0 Å². The van der Waals surface area contributed by atoms with Crippen molar-refractivity contribution < 1.29 is 9.59 Å². The highest BCUT2D eigenvalue weighted by molar-refractivity contribution is 5.96. The van der Waals surface area contributed by atoms with Gasteiger partial charge in [0.2, 0.25) is 5.91 Å². The van der Waals surface area contributed by atoms with Crippen LogP contribution in [0.15, 0.2) is 42.5 Å². The number of benzene rings is 2. The lowest BCUT2D eigenvalue weighted by Gasteiger charge is -2.37. The van der Waals surface area contributed by atoms with Crippen LogP contribution in [0.25, 0.3) is 0 Å². The highest BCUT2D eigenvalue weighted by Crippen LogP contribution is 2.26. The van der Waals surface area contributed by atoms with E-state index in [1.807, 2.05) is 17.0 Å². The van der Waals surface area contributed by atoms with Gasteiger partial charge in [0.15, 0.2) is 0 Å². The van der Waals surface area contributed by atoms with Crippen LogP contribution >= 0.6 is 0 Å². The summed E-state index contributed by atoms with van der Waals surface area (Å²) < 4.78 is 0. The number of carbonyl (C=O) groups is 2. The van der Waals surface area contributed by atoms with E-state index in [0.29, 0.717) is 30.8 Å². The topological polar surface area (TPSA) is 81.9 Å². The molecule has 0 radical (unpaired) electrons. The molecule has 0 saturated carbocycles. The number of anilines is 2. The van der Waals surface area contributed by atoms with Gasteiger partial charge in [-0.25, -0.2) is 0 Å². The number of aryl methyl sites for hydroxylation is 1. The lowest BCUT2D eigenvalue weighted by molar-refractivity contribution is -0.127. The summed E-state index contributed by atoms with van der Waals surface area (Å²) in [7, 11) is 0. The van der Waals surface area contributed by atoms with Crippen molar-refractivity contribution in [3.8, 4) is 0 Å². The van der Waals surface area contributed by atoms with Gasteiger partial charge in [-0.15, -0.1) is 0 Å². The Kier molecular flexibility index (Phi) is 7.50. The number of piperazine rings is 1. The second-order valence-electron chi connectivity index (χ2n) is 9.06. The summed E-state index contributed by atoms with van der Waals surface area (Å²) in [5.41, 5.74) is 11.3. The minimum Gasteiger partial charge on any atom is -0.397 e. The maximum absolute atomic E-state index is 12.5. The van der Waals surface area contributed by atoms with Gasteiger partial charge in [0, 0.05) is 64.3 Å². The molecule has 2 amide bonds. The minimum atomic E-state index is -0.121. The number of hydrogen-bond donors (Lipinski definition) is 2. The van der Waals surface area contributed by atoms with Gasteiger partial charge in [0.1, 0.15) is 0 Å². The lowest BCUT2D eigenvalue weighted by Crippen LogP contribution is -2.46. The molecule has 0 aliphatic carbocycles. The number of nitrogens with one attached hydrogen (secondary N) is 1. The van der Waals surface area contributed by atoms with Crippen LogP contribution in [-0.4, -0.2) is 67.4 Å². The van der Waals surface area contributed by atoms with E-state index >= 15 is 0 Å². The predicted molar refractivity (Wildman–Crippen MR) is 132 cm³/mol. The van der Waals surface area contributed by atoms with Crippen LogP contribution in [0.2, 0.25) is 0 Å². The third kappa shape index (κ3) is 5.85. The van der Waals surface area contributed by atoms with E-state index in [0.717, 1.165) is 57.8 Å². The average Bonchev–Trinajstić information content (AvgIpc) is 3.23. The molecular formula is C26H35N5O2. The first kappa shape index (κ1) is 23.1. The summed E-state index contributed by atoms with van der Waals surface area (Å²) in [4.78, 5) is 30.8. The molecule has 7 nitrogen and oxygen atoms in total. The molecule has 2 heterocycles. The Bertz CT molecular complexity index is 984. The van der Waals surface area contributed by atoms with Gasteiger partial charge in [0.25, 0.3) is 5.91 Å². The van der Waals surface area contributed by atoms with Gasteiger partial charge in [-0.1, -0.05) is 24.3 Å². The van der Waals surface area contributed by atoms with Crippen molar-refractivity contribution in [1.29, 1.82) is 0 Å². The molecule has 2 aromatic rings. The van der Waals surface area contributed by atoms with Crippen molar-refractivity contribution in [1.82, 2.24) is 15.1 Å². The molecule has 7 heteroatoms. The van der Waals surface area contributed by atoms with Crippen LogP contribution in [0.3, 0.4) is 0 Å². The van der Waals surface area contributed by atoms with E-state index in [1.54, 1.807) is 6.07 Å². The average molecular weight is 450 g/mol. The Morgan fingerprint density at radius 1 is 1.06 bits per heavy atom.